The molecule has 2 atom stereocenters. The van der Waals surface area contributed by atoms with E-state index in [1.165, 1.54) is 0 Å². The highest BCUT2D eigenvalue weighted by Gasteiger charge is 2.27. The average molecular weight is 331 g/mol. The first-order valence-corrected chi connectivity index (χ1v) is 7.90. The Balaban J connectivity index is 1.66. The minimum Gasteiger partial charge on any atom is -0.486 e. The molecule has 0 saturated heterocycles. The third-order valence-electron chi connectivity index (χ3n) is 3.74. The normalized spacial score (nSPS) is 17.0. The van der Waals surface area contributed by atoms with Gasteiger partial charge in [0.25, 0.3) is 0 Å². The predicted molar refractivity (Wildman–Crippen MR) is 87.8 cm³/mol. The van der Waals surface area contributed by atoms with Gasteiger partial charge in [-0.15, -0.1) is 0 Å². The van der Waals surface area contributed by atoms with Gasteiger partial charge >= 0.3 is 0 Å². The van der Waals surface area contributed by atoms with Crippen molar-refractivity contribution in [3.63, 3.8) is 0 Å². The number of hydrogen-bond donors (Lipinski definition) is 1. The van der Waals surface area contributed by atoms with Gasteiger partial charge in [-0.3, -0.25) is 0 Å². The summed E-state index contributed by atoms with van der Waals surface area (Å²) in [4.78, 5) is 4.20. The molecule has 1 aliphatic heterocycles. The number of methoxy groups -OCH3 is 1. The molecule has 1 aromatic carbocycles. The number of benzene rings is 1. The Hall–Kier alpha value is -2.31. The molecule has 0 fully saturated rings. The van der Waals surface area contributed by atoms with Gasteiger partial charge in [-0.25, -0.2) is 4.98 Å². The lowest BCUT2D eigenvalue weighted by Crippen LogP contribution is -2.07. The van der Waals surface area contributed by atoms with Gasteiger partial charge in [0.15, 0.2) is 11.5 Å². The Bertz CT molecular complexity index is 672. The molecule has 0 aliphatic carbocycles. The van der Waals surface area contributed by atoms with E-state index in [1.54, 1.807) is 32.4 Å². The highest BCUT2D eigenvalue weighted by Crippen LogP contribution is 2.42. The molecule has 2 aromatic rings. The summed E-state index contributed by atoms with van der Waals surface area (Å²) in [6, 6.07) is 9.26. The zero-order valence-electron chi connectivity index (χ0n) is 13.8. The highest BCUT2D eigenvalue weighted by molar-refractivity contribution is 5.51. The van der Waals surface area contributed by atoms with E-state index >= 15 is 0 Å². The first-order valence-electron chi connectivity index (χ1n) is 7.90. The van der Waals surface area contributed by atoms with Gasteiger partial charge < -0.3 is 24.1 Å². The summed E-state index contributed by atoms with van der Waals surface area (Å²) < 4.78 is 22.4. The van der Waals surface area contributed by atoms with Crippen LogP contribution in [0.3, 0.4) is 0 Å². The summed E-state index contributed by atoms with van der Waals surface area (Å²) in [5.41, 5.74) is 0.987. The van der Waals surface area contributed by atoms with E-state index in [0.29, 0.717) is 42.8 Å². The Kier molecular flexibility index (Phi) is 5.17. The van der Waals surface area contributed by atoms with Gasteiger partial charge in [-0.2, -0.15) is 0 Å². The Morgan fingerprint density at radius 2 is 2.21 bits per heavy atom. The fourth-order valence-corrected chi connectivity index (χ4v) is 2.44. The van der Waals surface area contributed by atoms with Crippen LogP contribution in [-0.2, 0) is 4.74 Å². The molecule has 2 heterocycles. The van der Waals surface area contributed by atoms with E-state index < -0.39 is 0 Å². The third-order valence-corrected chi connectivity index (χ3v) is 3.74. The van der Waals surface area contributed by atoms with Gasteiger partial charge in [0.2, 0.25) is 5.88 Å². The Labute approximate surface area is 141 Å². The smallest absolute Gasteiger partial charge is 0.213 e. The molecule has 128 valence electrons. The van der Waals surface area contributed by atoms with Crippen LogP contribution in [0.2, 0.25) is 0 Å². The second-order valence-corrected chi connectivity index (χ2v) is 5.63. The molecule has 1 aliphatic rings. The maximum absolute atomic E-state index is 9.21. The molecule has 0 amide bonds. The van der Waals surface area contributed by atoms with Crippen LogP contribution in [-0.4, -0.2) is 36.5 Å². The molecule has 0 bridgehead atoms. The topological polar surface area (TPSA) is 70.0 Å². The van der Waals surface area contributed by atoms with Gasteiger partial charge in [-0.1, -0.05) is 12.1 Å². The van der Waals surface area contributed by atoms with E-state index in [9.17, 15) is 5.11 Å². The van der Waals surface area contributed by atoms with Crippen LogP contribution in [0.15, 0.2) is 36.5 Å². The van der Waals surface area contributed by atoms with Crippen molar-refractivity contribution in [3.8, 4) is 23.1 Å². The van der Waals surface area contributed by atoms with E-state index in [2.05, 4.69) is 4.98 Å². The molecule has 0 spiro atoms. The van der Waals surface area contributed by atoms with Crippen LogP contribution in [0.5, 0.6) is 23.1 Å². The lowest BCUT2D eigenvalue weighted by Gasteiger charge is -2.11. The third kappa shape index (κ3) is 3.77. The van der Waals surface area contributed by atoms with Crippen molar-refractivity contribution in [2.75, 3.05) is 20.3 Å². The van der Waals surface area contributed by atoms with Crippen LogP contribution >= 0.6 is 0 Å². The number of aliphatic hydroxyl groups excluding tert-OH is 1. The largest absolute Gasteiger partial charge is 0.486 e. The van der Waals surface area contributed by atoms with Crippen molar-refractivity contribution in [2.45, 2.75) is 25.6 Å². The summed E-state index contributed by atoms with van der Waals surface area (Å²) in [5, 5.41) is 9.21. The van der Waals surface area contributed by atoms with Gasteiger partial charge in [0.1, 0.15) is 18.5 Å². The Morgan fingerprint density at radius 3 is 2.92 bits per heavy atom. The SMILES string of the molecule is CO[C@@H]1COc2c(Oc3ccc(OCC[C@H](C)O)nc3)cccc21. The van der Waals surface area contributed by atoms with Crippen molar-refractivity contribution < 1.29 is 24.1 Å². The molecular weight excluding hydrogens is 310 g/mol. The molecule has 0 radical (unpaired) electrons. The highest BCUT2D eigenvalue weighted by atomic mass is 16.6. The molecule has 0 saturated carbocycles. The molecule has 1 N–H and O–H groups in total. The summed E-state index contributed by atoms with van der Waals surface area (Å²) in [6.45, 7) is 2.63. The molecule has 6 nitrogen and oxygen atoms in total. The number of fused-ring (bicyclic) bond motifs is 1. The second kappa shape index (κ2) is 7.51. The van der Waals surface area contributed by atoms with Crippen molar-refractivity contribution in [2.24, 2.45) is 0 Å². The summed E-state index contributed by atoms with van der Waals surface area (Å²) in [7, 11) is 1.66. The van der Waals surface area contributed by atoms with Crippen LogP contribution in [0.1, 0.15) is 25.0 Å². The zero-order chi connectivity index (χ0) is 16.9. The van der Waals surface area contributed by atoms with Crippen molar-refractivity contribution in [1.29, 1.82) is 0 Å². The lowest BCUT2D eigenvalue weighted by atomic mass is 10.1. The van der Waals surface area contributed by atoms with E-state index in [0.717, 1.165) is 5.56 Å². The van der Waals surface area contributed by atoms with Crippen LogP contribution in [0.25, 0.3) is 0 Å². The van der Waals surface area contributed by atoms with Gasteiger partial charge in [0, 0.05) is 25.2 Å². The maximum Gasteiger partial charge on any atom is 0.213 e. The predicted octanol–water partition coefficient (Wildman–Crippen LogP) is 3.10. The van der Waals surface area contributed by atoms with Gasteiger partial charge in [-0.05, 0) is 19.1 Å². The molecule has 3 rings (SSSR count). The number of rotatable bonds is 7. The number of pyridine rings is 1. The number of aliphatic hydroxyl groups is 1. The summed E-state index contributed by atoms with van der Waals surface area (Å²) in [6.07, 6.45) is 1.71. The van der Waals surface area contributed by atoms with E-state index in [-0.39, 0.29) is 12.2 Å². The van der Waals surface area contributed by atoms with Crippen LogP contribution in [0.4, 0.5) is 0 Å². The lowest BCUT2D eigenvalue weighted by molar-refractivity contribution is 0.0815. The van der Waals surface area contributed by atoms with Crippen LogP contribution in [0, 0.1) is 0 Å². The number of ether oxygens (including phenoxy) is 4. The fraction of sp³-hybridized carbons (Fsp3) is 0.389. The van der Waals surface area contributed by atoms with Crippen molar-refractivity contribution >= 4 is 0 Å². The van der Waals surface area contributed by atoms with Crippen LogP contribution < -0.4 is 14.2 Å². The first-order chi connectivity index (χ1) is 11.7. The molecule has 1 aromatic heterocycles. The minimum absolute atomic E-state index is 0.0635. The fourth-order valence-electron chi connectivity index (χ4n) is 2.44. The second-order valence-electron chi connectivity index (χ2n) is 5.63. The monoisotopic (exact) mass is 331 g/mol. The summed E-state index contributed by atoms with van der Waals surface area (Å²) >= 11 is 0. The zero-order valence-corrected chi connectivity index (χ0v) is 13.8. The number of para-hydroxylation sites is 1. The van der Waals surface area contributed by atoms with E-state index in [4.69, 9.17) is 18.9 Å². The number of nitrogens with zero attached hydrogens (tertiary/aromatic N) is 1. The standard InChI is InChI=1S/C18H21NO5/c1-12(20)8-9-22-17-7-6-13(10-19-17)24-15-5-3-4-14-16(21-2)11-23-18(14)15/h3-7,10,12,16,20H,8-9,11H2,1-2H3/t12-,16+/m0/s1. The molecular formula is C18H21NO5. The number of aromatic nitrogens is 1. The summed E-state index contributed by atoms with van der Waals surface area (Å²) in [5.74, 6) is 2.44. The molecule has 0 unspecified atom stereocenters. The van der Waals surface area contributed by atoms with Crippen molar-refractivity contribution in [3.05, 3.63) is 42.1 Å². The maximum atomic E-state index is 9.21. The minimum atomic E-state index is -0.385. The van der Waals surface area contributed by atoms with Gasteiger partial charge in [0.05, 0.1) is 18.9 Å². The molecule has 6 heteroatoms. The quantitative estimate of drug-likeness (QED) is 0.841. The molecule has 24 heavy (non-hydrogen) atoms. The average Bonchev–Trinajstić information content (AvgIpc) is 3.00. The van der Waals surface area contributed by atoms with Crippen molar-refractivity contribution in [1.82, 2.24) is 4.98 Å². The Morgan fingerprint density at radius 1 is 1.33 bits per heavy atom. The van der Waals surface area contributed by atoms with E-state index in [1.807, 2.05) is 18.2 Å². The number of hydrogen-bond acceptors (Lipinski definition) is 6. The first kappa shape index (κ1) is 16.5.